The Labute approximate surface area is 151 Å². The topological polar surface area (TPSA) is 64.1 Å². The Morgan fingerprint density at radius 2 is 1.96 bits per heavy atom. The first-order chi connectivity index (χ1) is 12.7. The highest BCUT2D eigenvalue weighted by molar-refractivity contribution is 5.87. The zero-order chi connectivity index (χ0) is 17.7. The van der Waals surface area contributed by atoms with Gasteiger partial charge in [0.2, 0.25) is 0 Å². The summed E-state index contributed by atoms with van der Waals surface area (Å²) in [5.74, 6) is 0. The van der Waals surface area contributed by atoms with Crippen LogP contribution in [-0.4, -0.2) is 26.0 Å². The number of rotatable bonds is 2. The molecule has 0 saturated heterocycles. The number of hydrogen-bond donors (Lipinski definition) is 1. The van der Waals surface area contributed by atoms with Gasteiger partial charge in [0.1, 0.15) is 5.58 Å². The second kappa shape index (κ2) is 5.95. The summed E-state index contributed by atoms with van der Waals surface area (Å²) in [4.78, 5) is 0. The fourth-order valence-corrected chi connectivity index (χ4v) is 4.16. The minimum absolute atomic E-state index is 0.102. The number of fused-ring (bicyclic) bond motifs is 2. The number of nitrogens with zero attached hydrogens (tertiary/aromatic N) is 3. The van der Waals surface area contributed by atoms with Gasteiger partial charge >= 0.3 is 0 Å². The van der Waals surface area contributed by atoms with Crippen molar-refractivity contribution in [2.45, 2.75) is 44.8 Å². The maximum absolute atomic E-state index is 10.4. The van der Waals surface area contributed by atoms with Crippen molar-refractivity contribution in [3.63, 3.8) is 0 Å². The highest BCUT2D eigenvalue weighted by atomic mass is 16.3. The minimum atomic E-state index is -0.299. The molecule has 26 heavy (non-hydrogen) atoms. The molecule has 1 aliphatic carbocycles. The fraction of sp³-hybridized carbons (Fsp3) is 0.333. The third-order valence-electron chi connectivity index (χ3n) is 5.59. The van der Waals surface area contributed by atoms with Gasteiger partial charge in [0, 0.05) is 22.5 Å². The molecule has 0 bridgehead atoms. The molecule has 3 heterocycles. The average Bonchev–Trinajstić information content (AvgIpc) is 3.27. The Balaban J connectivity index is 1.59. The van der Waals surface area contributed by atoms with Crippen LogP contribution < -0.4 is 0 Å². The van der Waals surface area contributed by atoms with E-state index in [0.717, 1.165) is 64.5 Å². The third-order valence-corrected chi connectivity index (χ3v) is 5.59. The molecule has 1 fully saturated rings. The van der Waals surface area contributed by atoms with Gasteiger partial charge in [0.15, 0.2) is 5.65 Å². The quantitative estimate of drug-likeness (QED) is 0.574. The molecule has 1 aromatic carbocycles. The van der Waals surface area contributed by atoms with Gasteiger partial charge in [-0.15, -0.1) is 10.2 Å². The van der Waals surface area contributed by atoms with Crippen molar-refractivity contribution in [1.82, 2.24) is 14.8 Å². The largest absolute Gasteiger partial charge is 0.464 e. The molecular formula is C21H21N3O2. The lowest BCUT2D eigenvalue weighted by molar-refractivity contribution is 0.0773. The molecule has 1 N–H and O–H groups in total. The van der Waals surface area contributed by atoms with Crippen LogP contribution in [0.3, 0.4) is 0 Å². The smallest absolute Gasteiger partial charge is 0.162 e. The molecule has 1 saturated carbocycles. The van der Waals surface area contributed by atoms with E-state index in [0.29, 0.717) is 0 Å². The Bertz CT molecular complexity index is 1100. The summed E-state index contributed by atoms with van der Waals surface area (Å²) in [6.07, 6.45) is 7.54. The van der Waals surface area contributed by atoms with Gasteiger partial charge in [-0.05, 0) is 55.7 Å². The Morgan fingerprint density at radius 1 is 1.08 bits per heavy atom. The number of aryl methyl sites for hydroxylation is 1. The molecule has 5 nitrogen and oxygen atoms in total. The number of hydrogen-bond acceptors (Lipinski definition) is 4. The van der Waals surface area contributed by atoms with E-state index in [2.05, 4.69) is 39.9 Å². The van der Waals surface area contributed by atoms with E-state index in [9.17, 15) is 5.11 Å². The average molecular weight is 347 g/mol. The molecule has 0 aliphatic heterocycles. The predicted molar refractivity (Wildman–Crippen MR) is 101 cm³/mol. The Hall–Kier alpha value is -2.66. The first-order valence-electron chi connectivity index (χ1n) is 9.21. The highest BCUT2D eigenvalue weighted by Gasteiger charge is 2.26. The molecule has 4 aromatic rings. The van der Waals surface area contributed by atoms with Gasteiger partial charge in [-0.25, -0.2) is 0 Å². The van der Waals surface area contributed by atoms with Crippen LogP contribution in [-0.2, 0) is 0 Å². The van der Waals surface area contributed by atoms with E-state index in [1.54, 1.807) is 6.26 Å². The van der Waals surface area contributed by atoms with Crippen LogP contribution in [0.1, 0.15) is 37.3 Å². The zero-order valence-corrected chi connectivity index (χ0v) is 14.7. The van der Waals surface area contributed by atoms with Crippen molar-refractivity contribution in [3.8, 4) is 11.3 Å². The molecule has 0 spiro atoms. The van der Waals surface area contributed by atoms with E-state index in [-0.39, 0.29) is 12.1 Å². The van der Waals surface area contributed by atoms with Crippen molar-refractivity contribution in [2.24, 2.45) is 0 Å². The van der Waals surface area contributed by atoms with E-state index < -0.39 is 0 Å². The summed E-state index contributed by atoms with van der Waals surface area (Å²) in [6.45, 7) is 2.06. The molecule has 0 radical (unpaired) electrons. The van der Waals surface area contributed by atoms with Crippen molar-refractivity contribution in [3.05, 3.63) is 48.4 Å². The SMILES string of the molecule is Cc1cc2occc2cc1-c1cc2ccn([C@@H]3CCCC[C@H]3O)c2nn1. The summed E-state index contributed by atoms with van der Waals surface area (Å²) in [7, 11) is 0. The van der Waals surface area contributed by atoms with Crippen molar-refractivity contribution >= 4 is 22.0 Å². The maximum atomic E-state index is 10.4. The van der Waals surface area contributed by atoms with Crippen LogP contribution >= 0.6 is 0 Å². The van der Waals surface area contributed by atoms with E-state index >= 15 is 0 Å². The molecule has 3 aromatic heterocycles. The summed E-state index contributed by atoms with van der Waals surface area (Å²) in [5, 5.41) is 21.5. The fourth-order valence-electron chi connectivity index (χ4n) is 4.16. The van der Waals surface area contributed by atoms with Gasteiger partial charge in [-0.3, -0.25) is 0 Å². The molecule has 0 unspecified atom stereocenters. The number of furan rings is 1. The lowest BCUT2D eigenvalue weighted by Crippen LogP contribution is -2.27. The molecular weight excluding hydrogens is 326 g/mol. The second-order valence-electron chi connectivity index (χ2n) is 7.28. The van der Waals surface area contributed by atoms with Crippen LogP contribution in [0, 0.1) is 6.92 Å². The van der Waals surface area contributed by atoms with Crippen LogP contribution in [0.4, 0.5) is 0 Å². The minimum Gasteiger partial charge on any atom is -0.464 e. The summed E-state index contributed by atoms with van der Waals surface area (Å²) in [6, 6.07) is 10.4. The lowest BCUT2D eigenvalue weighted by Gasteiger charge is -2.29. The van der Waals surface area contributed by atoms with Gasteiger partial charge in [-0.1, -0.05) is 12.8 Å². The molecule has 5 rings (SSSR count). The molecule has 5 heteroatoms. The number of aromatic nitrogens is 3. The van der Waals surface area contributed by atoms with Gasteiger partial charge < -0.3 is 14.1 Å². The first-order valence-corrected chi connectivity index (χ1v) is 9.21. The van der Waals surface area contributed by atoms with Crippen LogP contribution in [0.25, 0.3) is 33.3 Å². The summed E-state index contributed by atoms with van der Waals surface area (Å²) < 4.78 is 7.58. The van der Waals surface area contributed by atoms with Crippen LogP contribution in [0.2, 0.25) is 0 Å². The highest BCUT2D eigenvalue weighted by Crippen LogP contribution is 2.33. The van der Waals surface area contributed by atoms with E-state index in [1.165, 1.54) is 0 Å². The molecule has 2 atom stereocenters. The molecule has 1 aliphatic rings. The maximum Gasteiger partial charge on any atom is 0.162 e. The molecule has 0 amide bonds. The zero-order valence-electron chi connectivity index (χ0n) is 14.7. The number of aliphatic hydroxyl groups excluding tert-OH is 1. The second-order valence-corrected chi connectivity index (χ2v) is 7.28. The van der Waals surface area contributed by atoms with Crippen molar-refractivity contribution in [2.75, 3.05) is 0 Å². The van der Waals surface area contributed by atoms with Crippen molar-refractivity contribution < 1.29 is 9.52 Å². The summed E-state index contributed by atoms with van der Waals surface area (Å²) >= 11 is 0. The first kappa shape index (κ1) is 15.6. The van der Waals surface area contributed by atoms with E-state index in [1.807, 2.05) is 18.3 Å². The van der Waals surface area contributed by atoms with Crippen molar-refractivity contribution in [1.29, 1.82) is 0 Å². The van der Waals surface area contributed by atoms with Gasteiger partial charge in [0.25, 0.3) is 0 Å². The lowest BCUT2D eigenvalue weighted by atomic mass is 9.92. The Morgan fingerprint density at radius 3 is 2.85 bits per heavy atom. The van der Waals surface area contributed by atoms with Crippen LogP contribution in [0.15, 0.2) is 47.2 Å². The van der Waals surface area contributed by atoms with Gasteiger partial charge in [0.05, 0.1) is 24.1 Å². The normalized spacial score (nSPS) is 20.8. The number of benzene rings is 1. The van der Waals surface area contributed by atoms with Gasteiger partial charge in [-0.2, -0.15) is 0 Å². The summed E-state index contributed by atoms with van der Waals surface area (Å²) in [5.41, 5.74) is 4.78. The van der Waals surface area contributed by atoms with Crippen LogP contribution in [0.5, 0.6) is 0 Å². The van der Waals surface area contributed by atoms with E-state index in [4.69, 9.17) is 4.42 Å². The molecule has 132 valence electrons. The number of aliphatic hydroxyl groups is 1. The Kier molecular flexibility index (Phi) is 3.57. The monoisotopic (exact) mass is 347 g/mol. The predicted octanol–water partition coefficient (Wildman–Crippen LogP) is 4.63. The standard InChI is InChI=1S/C21H21N3O2/c1-13-10-20-14(7-9-26-20)11-16(13)17-12-15-6-8-24(21(15)23-22-17)18-4-2-3-5-19(18)25/h6-12,18-19,25H,2-5H2,1H3/t18-,19-/m1/s1. The third kappa shape index (κ3) is 2.42.